The number of benzene rings is 1. The van der Waals surface area contributed by atoms with E-state index in [-0.39, 0.29) is 29.2 Å². The summed E-state index contributed by atoms with van der Waals surface area (Å²) in [6.07, 6.45) is 1.20. The highest BCUT2D eigenvalue weighted by Crippen LogP contribution is 2.20. The van der Waals surface area contributed by atoms with Crippen molar-refractivity contribution in [3.63, 3.8) is 0 Å². The molecule has 0 amide bonds. The van der Waals surface area contributed by atoms with Gasteiger partial charge >= 0.3 is 0 Å². The molecule has 1 unspecified atom stereocenters. The number of rotatable bonds is 3. The van der Waals surface area contributed by atoms with Crippen LogP contribution in [0.3, 0.4) is 0 Å². The van der Waals surface area contributed by atoms with Gasteiger partial charge in [0, 0.05) is 6.42 Å². The molecule has 1 N–H and O–H groups in total. The van der Waals surface area contributed by atoms with Gasteiger partial charge in [0.15, 0.2) is 17.4 Å². The molecule has 2 rings (SSSR count). The number of ketones is 1. The molecule has 4 heteroatoms. The minimum Gasteiger partial charge on any atom is -0.316 e. The van der Waals surface area contributed by atoms with Gasteiger partial charge in [-0.05, 0) is 44.0 Å². The lowest BCUT2D eigenvalue weighted by Gasteiger charge is -2.09. The van der Waals surface area contributed by atoms with E-state index < -0.39 is 11.6 Å². The topological polar surface area (TPSA) is 29.1 Å². The number of carbonyl (C=O) groups excluding carboxylic acids is 1. The number of aryl methyl sites for hydroxylation is 1. The normalized spacial score (nSPS) is 19.6. The number of carbonyl (C=O) groups is 1. The summed E-state index contributed by atoms with van der Waals surface area (Å²) in [5.74, 6) is -2.00. The monoisotopic (exact) mass is 239 g/mol. The SMILES string of the molecule is Cc1ccc(C(=O)CC2CCNC2)c(F)c1F. The van der Waals surface area contributed by atoms with Crippen molar-refractivity contribution >= 4 is 5.78 Å². The Hall–Kier alpha value is -1.29. The molecular weight excluding hydrogens is 224 g/mol. The molecule has 1 atom stereocenters. The fourth-order valence-electron chi connectivity index (χ4n) is 2.12. The van der Waals surface area contributed by atoms with E-state index in [1.165, 1.54) is 19.1 Å². The maximum absolute atomic E-state index is 13.6. The van der Waals surface area contributed by atoms with Crippen molar-refractivity contribution in [1.29, 1.82) is 0 Å². The molecule has 0 bridgehead atoms. The summed E-state index contributed by atoms with van der Waals surface area (Å²) < 4.78 is 26.9. The van der Waals surface area contributed by atoms with Crippen LogP contribution in [0, 0.1) is 24.5 Å². The number of halogens is 2. The Kier molecular flexibility index (Phi) is 3.52. The third kappa shape index (κ3) is 2.52. The summed E-state index contributed by atoms with van der Waals surface area (Å²) in [5, 5.41) is 3.14. The van der Waals surface area contributed by atoms with E-state index in [4.69, 9.17) is 0 Å². The highest BCUT2D eigenvalue weighted by Gasteiger charge is 2.22. The maximum atomic E-state index is 13.6. The van der Waals surface area contributed by atoms with Gasteiger partial charge in [0.05, 0.1) is 5.56 Å². The molecule has 17 heavy (non-hydrogen) atoms. The summed E-state index contributed by atoms with van der Waals surface area (Å²) in [4.78, 5) is 11.9. The first-order valence-electron chi connectivity index (χ1n) is 5.78. The van der Waals surface area contributed by atoms with Crippen LogP contribution in [0.2, 0.25) is 0 Å². The smallest absolute Gasteiger partial charge is 0.169 e. The molecule has 1 aromatic rings. The molecule has 1 aliphatic rings. The van der Waals surface area contributed by atoms with Gasteiger partial charge in [-0.3, -0.25) is 4.79 Å². The summed E-state index contributed by atoms with van der Waals surface area (Å²) in [6, 6.07) is 2.82. The first-order valence-corrected chi connectivity index (χ1v) is 5.78. The quantitative estimate of drug-likeness (QED) is 0.821. The Morgan fingerprint density at radius 1 is 1.41 bits per heavy atom. The van der Waals surface area contributed by atoms with E-state index in [0.29, 0.717) is 0 Å². The molecule has 0 aromatic heterocycles. The lowest BCUT2D eigenvalue weighted by atomic mass is 9.96. The Balaban J connectivity index is 2.16. The van der Waals surface area contributed by atoms with Gasteiger partial charge in [-0.2, -0.15) is 0 Å². The second-order valence-electron chi connectivity index (χ2n) is 4.54. The lowest BCUT2D eigenvalue weighted by Crippen LogP contribution is -2.14. The summed E-state index contributed by atoms with van der Waals surface area (Å²) in [6.45, 7) is 3.15. The van der Waals surface area contributed by atoms with Gasteiger partial charge in [0.25, 0.3) is 0 Å². The molecule has 0 aliphatic carbocycles. The molecule has 92 valence electrons. The van der Waals surface area contributed by atoms with Gasteiger partial charge in [-0.25, -0.2) is 8.78 Å². The van der Waals surface area contributed by atoms with Crippen molar-refractivity contribution < 1.29 is 13.6 Å². The lowest BCUT2D eigenvalue weighted by molar-refractivity contribution is 0.0959. The van der Waals surface area contributed by atoms with Crippen molar-refractivity contribution in [2.45, 2.75) is 19.8 Å². The molecule has 1 heterocycles. The summed E-state index contributed by atoms with van der Waals surface area (Å²) in [7, 11) is 0. The minimum absolute atomic E-state index is 0.125. The summed E-state index contributed by atoms with van der Waals surface area (Å²) >= 11 is 0. The van der Waals surface area contributed by atoms with Crippen LogP contribution in [0.15, 0.2) is 12.1 Å². The zero-order valence-electron chi connectivity index (χ0n) is 9.72. The van der Waals surface area contributed by atoms with Crippen molar-refractivity contribution in [3.05, 3.63) is 34.9 Å². The molecule has 1 saturated heterocycles. The van der Waals surface area contributed by atoms with Gasteiger partial charge in [0.1, 0.15) is 0 Å². The van der Waals surface area contributed by atoms with Crippen molar-refractivity contribution in [3.8, 4) is 0 Å². The Morgan fingerprint density at radius 2 is 2.18 bits per heavy atom. The van der Waals surface area contributed by atoms with Gasteiger partial charge in [-0.1, -0.05) is 6.07 Å². The predicted octanol–water partition coefficient (Wildman–Crippen LogP) is 2.46. The van der Waals surface area contributed by atoms with Crippen LogP contribution in [0.25, 0.3) is 0 Å². The number of Topliss-reactive ketones (excluding diaryl/α,β-unsaturated/α-hetero) is 1. The van der Waals surface area contributed by atoms with Crippen molar-refractivity contribution in [2.75, 3.05) is 13.1 Å². The second-order valence-corrected chi connectivity index (χ2v) is 4.54. The molecule has 1 aromatic carbocycles. The van der Waals surface area contributed by atoms with Crippen molar-refractivity contribution in [1.82, 2.24) is 5.32 Å². The Bertz CT molecular complexity index is 439. The van der Waals surface area contributed by atoms with Crippen LogP contribution >= 0.6 is 0 Å². The van der Waals surface area contributed by atoms with Crippen LogP contribution in [-0.4, -0.2) is 18.9 Å². The Morgan fingerprint density at radius 3 is 2.82 bits per heavy atom. The van der Waals surface area contributed by atoms with E-state index in [9.17, 15) is 13.6 Å². The van der Waals surface area contributed by atoms with Crippen LogP contribution in [0.4, 0.5) is 8.78 Å². The van der Waals surface area contributed by atoms with Crippen LogP contribution in [0.1, 0.15) is 28.8 Å². The molecule has 0 spiro atoms. The van der Waals surface area contributed by atoms with E-state index >= 15 is 0 Å². The molecule has 0 radical (unpaired) electrons. The van der Waals surface area contributed by atoms with Gasteiger partial charge in [-0.15, -0.1) is 0 Å². The van der Waals surface area contributed by atoms with Gasteiger partial charge in [0.2, 0.25) is 0 Å². The third-order valence-corrected chi connectivity index (χ3v) is 3.21. The highest BCUT2D eigenvalue weighted by atomic mass is 19.2. The van der Waals surface area contributed by atoms with E-state index in [0.717, 1.165) is 19.5 Å². The molecule has 1 fully saturated rings. The second kappa shape index (κ2) is 4.92. The first-order chi connectivity index (χ1) is 8.09. The van der Waals surface area contributed by atoms with Crippen molar-refractivity contribution in [2.24, 2.45) is 5.92 Å². The highest BCUT2D eigenvalue weighted by molar-refractivity contribution is 5.96. The van der Waals surface area contributed by atoms with Crippen LogP contribution < -0.4 is 5.32 Å². The average Bonchev–Trinajstić information content (AvgIpc) is 2.78. The zero-order chi connectivity index (χ0) is 12.4. The molecule has 2 nitrogen and oxygen atoms in total. The third-order valence-electron chi connectivity index (χ3n) is 3.21. The fraction of sp³-hybridized carbons (Fsp3) is 0.462. The van der Waals surface area contributed by atoms with Crippen LogP contribution in [0.5, 0.6) is 0 Å². The maximum Gasteiger partial charge on any atom is 0.169 e. The van der Waals surface area contributed by atoms with E-state index in [1.54, 1.807) is 0 Å². The van der Waals surface area contributed by atoms with E-state index in [1.807, 2.05) is 0 Å². The Labute approximate surface area is 99.0 Å². The standard InChI is InChI=1S/C13H15F2NO/c1-8-2-3-10(13(15)12(8)14)11(17)6-9-4-5-16-7-9/h2-3,9,16H,4-7H2,1H3. The average molecular weight is 239 g/mol. The predicted molar refractivity (Wildman–Crippen MR) is 61.0 cm³/mol. The minimum atomic E-state index is -1.01. The van der Waals surface area contributed by atoms with Gasteiger partial charge < -0.3 is 5.32 Å². The number of nitrogens with one attached hydrogen (secondary N) is 1. The largest absolute Gasteiger partial charge is 0.316 e. The number of hydrogen-bond acceptors (Lipinski definition) is 2. The fourth-order valence-corrected chi connectivity index (χ4v) is 2.12. The zero-order valence-corrected chi connectivity index (χ0v) is 9.72. The molecule has 0 saturated carbocycles. The van der Waals surface area contributed by atoms with Crippen LogP contribution in [-0.2, 0) is 0 Å². The molecule has 1 aliphatic heterocycles. The van der Waals surface area contributed by atoms with E-state index in [2.05, 4.69) is 5.32 Å². The first kappa shape index (κ1) is 12.2. The summed E-state index contributed by atoms with van der Waals surface area (Å²) in [5.41, 5.74) is 0.0987. The number of hydrogen-bond donors (Lipinski definition) is 1. The molecular formula is C13H15F2NO.